The second-order valence-electron chi connectivity index (χ2n) is 9.09. The molecule has 9 nitrogen and oxygen atoms in total. The Hall–Kier alpha value is -2.49. The lowest BCUT2D eigenvalue weighted by atomic mass is 10.1. The molecule has 2 heterocycles. The van der Waals surface area contributed by atoms with Gasteiger partial charge in [-0.3, -0.25) is 9.59 Å². The molecule has 3 rings (SSSR count). The summed E-state index contributed by atoms with van der Waals surface area (Å²) in [6.45, 7) is 6.72. The molecule has 3 atom stereocenters. The number of anilines is 1. The van der Waals surface area contributed by atoms with Crippen LogP contribution >= 0.6 is 0 Å². The molecule has 0 aromatic heterocycles. The number of nitrogens with zero attached hydrogens (tertiary/aromatic N) is 2. The van der Waals surface area contributed by atoms with E-state index in [4.69, 9.17) is 14.2 Å². The first kappa shape index (κ1) is 24.2. The number of morpholine rings is 1. The highest BCUT2D eigenvalue weighted by molar-refractivity contribution is 6.00. The molecule has 0 radical (unpaired) electrons. The van der Waals surface area contributed by atoms with Crippen LogP contribution in [0.3, 0.4) is 0 Å². The number of aliphatic hydroxyl groups excluding tert-OH is 1. The van der Waals surface area contributed by atoms with Gasteiger partial charge in [0.05, 0.1) is 19.1 Å². The van der Waals surface area contributed by atoms with Gasteiger partial charge in [0.2, 0.25) is 5.91 Å². The summed E-state index contributed by atoms with van der Waals surface area (Å²) in [7, 11) is 1.65. The number of hydrogen-bond acceptors (Lipinski definition) is 7. The van der Waals surface area contributed by atoms with Gasteiger partial charge in [-0.2, -0.15) is 0 Å². The highest BCUT2D eigenvalue weighted by atomic mass is 16.6. The van der Waals surface area contributed by atoms with E-state index in [0.717, 1.165) is 12.0 Å². The van der Waals surface area contributed by atoms with E-state index in [2.05, 4.69) is 0 Å². The lowest BCUT2D eigenvalue weighted by Crippen LogP contribution is -2.55. The number of amides is 2. The van der Waals surface area contributed by atoms with Crippen molar-refractivity contribution in [3.63, 3.8) is 0 Å². The maximum atomic E-state index is 13.0. The van der Waals surface area contributed by atoms with E-state index < -0.39 is 29.7 Å². The summed E-state index contributed by atoms with van der Waals surface area (Å²) in [5, 5.41) is 10.4. The van der Waals surface area contributed by atoms with Gasteiger partial charge in [0.1, 0.15) is 5.60 Å². The summed E-state index contributed by atoms with van der Waals surface area (Å²) in [6, 6.07) is 7.15. The van der Waals surface area contributed by atoms with Gasteiger partial charge in [-0.15, -0.1) is 0 Å². The molecule has 176 valence electrons. The minimum atomic E-state index is -1.72. The van der Waals surface area contributed by atoms with E-state index in [9.17, 15) is 19.5 Å². The van der Waals surface area contributed by atoms with Crippen molar-refractivity contribution in [1.82, 2.24) is 4.90 Å². The maximum Gasteiger partial charge on any atom is 0.338 e. The third-order valence-corrected chi connectivity index (χ3v) is 5.47. The highest BCUT2D eigenvalue weighted by Crippen LogP contribution is 2.23. The summed E-state index contributed by atoms with van der Waals surface area (Å²) in [5.74, 6) is -1.43. The zero-order chi connectivity index (χ0) is 23.5. The van der Waals surface area contributed by atoms with Gasteiger partial charge in [-0.25, -0.2) is 4.79 Å². The number of benzene rings is 1. The van der Waals surface area contributed by atoms with Crippen molar-refractivity contribution < 1.29 is 33.7 Å². The molecule has 2 aliphatic rings. The van der Waals surface area contributed by atoms with Gasteiger partial charge >= 0.3 is 5.97 Å². The van der Waals surface area contributed by atoms with Crippen molar-refractivity contribution in [1.29, 1.82) is 0 Å². The van der Waals surface area contributed by atoms with Crippen LogP contribution in [0.5, 0.6) is 0 Å². The number of methoxy groups -OCH3 is 1. The molecule has 1 aromatic carbocycles. The zero-order valence-corrected chi connectivity index (χ0v) is 19.1. The van der Waals surface area contributed by atoms with E-state index in [0.29, 0.717) is 18.8 Å². The number of ether oxygens (including phenoxy) is 3. The van der Waals surface area contributed by atoms with Crippen LogP contribution in [0.2, 0.25) is 0 Å². The molecule has 9 heteroatoms. The van der Waals surface area contributed by atoms with E-state index in [-0.39, 0.29) is 31.6 Å². The van der Waals surface area contributed by atoms with Crippen LogP contribution in [0.15, 0.2) is 24.3 Å². The predicted molar refractivity (Wildman–Crippen MR) is 116 cm³/mol. The Morgan fingerprint density at radius 3 is 2.69 bits per heavy atom. The highest BCUT2D eigenvalue weighted by Gasteiger charge is 2.41. The van der Waals surface area contributed by atoms with Crippen molar-refractivity contribution >= 4 is 23.5 Å². The maximum absolute atomic E-state index is 13.0. The largest absolute Gasteiger partial charge is 0.458 e. The molecule has 1 aromatic rings. The number of esters is 1. The molecule has 2 fully saturated rings. The zero-order valence-electron chi connectivity index (χ0n) is 19.1. The monoisotopic (exact) mass is 448 g/mol. The predicted octanol–water partition coefficient (Wildman–Crippen LogP) is 0.911. The van der Waals surface area contributed by atoms with Gasteiger partial charge in [0, 0.05) is 32.4 Å². The van der Waals surface area contributed by atoms with Crippen molar-refractivity contribution in [2.45, 2.75) is 57.5 Å². The number of carbonyl (C=O) groups excluding carboxylic acids is 3. The fourth-order valence-electron chi connectivity index (χ4n) is 3.84. The van der Waals surface area contributed by atoms with Gasteiger partial charge in [0.15, 0.2) is 12.2 Å². The van der Waals surface area contributed by atoms with Crippen molar-refractivity contribution in [3.8, 4) is 0 Å². The second kappa shape index (κ2) is 9.97. The SMILES string of the molecule is CO[C@@H]1CCN(C(=O)Cc2cccc(N3CCO[C@H]([C@@H](O)C(=O)OC(C)(C)C)C3=O)c2)C1. The fraction of sp³-hybridized carbons (Fsp3) is 0.609. The van der Waals surface area contributed by atoms with E-state index in [1.54, 1.807) is 51.0 Å². The molecule has 0 saturated carbocycles. The topological polar surface area (TPSA) is 106 Å². The van der Waals surface area contributed by atoms with E-state index in [1.165, 1.54) is 4.90 Å². The average Bonchev–Trinajstić information content (AvgIpc) is 3.22. The van der Waals surface area contributed by atoms with Crippen LogP contribution in [0.1, 0.15) is 32.8 Å². The molecule has 0 aliphatic carbocycles. The van der Waals surface area contributed by atoms with Gasteiger partial charge in [-0.1, -0.05) is 12.1 Å². The van der Waals surface area contributed by atoms with Crippen LogP contribution in [-0.2, 0) is 35.0 Å². The molecule has 1 N–H and O–H groups in total. The lowest BCUT2D eigenvalue weighted by molar-refractivity contribution is -0.177. The number of hydrogen-bond donors (Lipinski definition) is 1. The van der Waals surface area contributed by atoms with Crippen molar-refractivity contribution in [2.75, 3.05) is 38.3 Å². The molecule has 2 saturated heterocycles. The Bertz CT molecular complexity index is 851. The van der Waals surface area contributed by atoms with Crippen LogP contribution in [0.4, 0.5) is 5.69 Å². The average molecular weight is 449 g/mol. The summed E-state index contributed by atoms with van der Waals surface area (Å²) in [6.07, 6.45) is -1.96. The first-order chi connectivity index (χ1) is 15.1. The van der Waals surface area contributed by atoms with Crippen LogP contribution in [0, 0.1) is 0 Å². The van der Waals surface area contributed by atoms with Crippen molar-refractivity contribution in [2.24, 2.45) is 0 Å². The van der Waals surface area contributed by atoms with Crippen LogP contribution in [0.25, 0.3) is 0 Å². The van der Waals surface area contributed by atoms with Crippen molar-refractivity contribution in [3.05, 3.63) is 29.8 Å². The molecular formula is C23H32N2O7. The minimum absolute atomic E-state index is 0.00762. The lowest BCUT2D eigenvalue weighted by Gasteiger charge is -2.34. The Morgan fingerprint density at radius 1 is 1.28 bits per heavy atom. The number of carbonyl (C=O) groups is 3. The number of likely N-dealkylation sites (tertiary alicyclic amines) is 1. The molecule has 32 heavy (non-hydrogen) atoms. The minimum Gasteiger partial charge on any atom is -0.458 e. The fourth-order valence-corrected chi connectivity index (χ4v) is 3.84. The first-order valence-electron chi connectivity index (χ1n) is 10.8. The molecule has 2 aliphatic heterocycles. The molecular weight excluding hydrogens is 416 g/mol. The molecule has 0 spiro atoms. The Labute approximate surface area is 188 Å². The Morgan fingerprint density at radius 2 is 2.03 bits per heavy atom. The third kappa shape index (κ3) is 5.85. The second-order valence-corrected chi connectivity index (χ2v) is 9.09. The van der Waals surface area contributed by atoms with Gasteiger partial charge < -0.3 is 29.1 Å². The van der Waals surface area contributed by atoms with E-state index in [1.807, 2.05) is 6.07 Å². The third-order valence-electron chi connectivity index (χ3n) is 5.47. The normalized spacial score (nSPS) is 22.7. The first-order valence-corrected chi connectivity index (χ1v) is 10.8. The molecule has 2 amide bonds. The summed E-state index contributed by atoms with van der Waals surface area (Å²) in [4.78, 5) is 41.1. The van der Waals surface area contributed by atoms with Crippen LogP contribution < -0.4 is 4.90 Å². The van der Waals surface area contributed by atoms with Gasteiger partial charge in [-0.05, 0) is 44.9 Å². The summed E-state index contributed by atoms with van der Waals surface area (Å²) in [5.41, 5.74) is 0.563. The Kier molecular flexibility index (Phi) is 7.53. The van der Waals surface area contributed by atoms with Gasteiger partial charge in [0.25, 0.3) is 5.91 Å². The quantitative estimate of drug-likeness (QED) is 0.645. The number of aliphatic hydroxyl groups is 1. The summed E-state index contributed by atoms with van der Waals surface area (Å²) < 4.78 is 15.9. The summed E-state index contributed by atoms with van der Waals surface area (Å²) >= 11 is 0. The molecule has 0 unspecified atom stereocenters. The standard InChI is InChI=1S/C23H32N2O7/c1-23(2,3)32-22(29)19(27)20-21(28)25(10-11-31-20)16-7-5-6-15(12-16)13-18(26)24-9-8-17(14-24)30-4/h5-7,12,17,19-20,27H,8-11,13-14H2,1-4H3/t17-,19-,20-/m1/s1. The molecule has 0 bridgehead atoms. The Balaban J connectivity index is 1.68. The smallest absolute Gasteiger partial charge is 0.338 e. The van der Waals surface area contributed by atoms with E-state index >= 15 is 0 Å². The van der Waals surface area contributed by atoms with Crippen LogP contribution in [-0.4, -0.2) is 85.1 Å². The number of rotatable bonds is 6.